The number of nitrogens with zero attached hydrogens (tertiary/aromatic N) is 2. The summed E-state index contributed by atoms with van der Waals surface area (Å²) < 4.78 is 0. The second kappa shape index (κ2) is 7.10. The Bertz CT molecular complexity index is 769. The molecule has 0 N–H and O–H groups in total. The van der Waals surface area contributed by atoms with Crippen LogP contribution in [-0.4, -0.2) is 34.7 Å². The Kier molecular flexibility index (Phi) is 5.20. The van der Waals surface area contributed by atoms with Gasteiger partial charge in [-0.15, -0.1) is 0 Å². The number of carbonyl (C=O) groups is 2. The summed E-state index contributed by atoms with van der Waals surface area (Å²) >= 11 is 1.05. The molecular formula is C21H28N2O2S. The van der Waals surface area contributed by atoms with E-state index < -0.39 is 0 Å². The maximum absolute atomic E-state index is 12.5. The summed E-state index contributed by atoms with van der Waals surface area (Å²) in [4.78, 5) is 28.8. The van der Waals surface area contributed by atoms with Crippen LogP contribution in [0.5, 0.6) is 0 Å². The van der Waals surface area contributed by atoms with Gasteiger partial charge in [-0.1, -0.05) is 19.9 Å². The fourth-order valence-electron chi connectivity index (χ4n) is 4.26. The highest BCUT2D eigenvalue weighted by molar-refractivity contribution is 8.18. The molecule has 3 rings (SSSR count). The van der Waals surface area contributed by atoms with Gasteiger partial charge in [0.2, 0.25) is 0 Å². The predicted molar refractivity (Wildman–Crippen MR) is 110 cm³/mol. The first kappa shape index (κ1) is 19.0. The quantitative estimate of drug-likeness (QED) is 0.677. The van der Waals surface area contributed by atoms with Crippen molar-refractivity contribution in [3.63, 3.8) is 0 Å². The summed E-state index contributed by atoms with van der Waals surface area (Å²) in [7, 11) is 0. The van der Waals surface area contributed by atoms with Gasteiger partial charge < -0.3 is 4.90 Å². The van der Waals surface area contributed by atoms with Crippen LogP contribution in [0.4, 0.5) is 10.5 Å². The van der Waals surface area contributed by atoms with Gasteiger partial charge in [0.1, 0.15) is 0 Å². The van der Waals surface area contributed by atoms with E-state index in [1.807, 2.05) is 13.0 Å². The maximum Gasteiger partial charge on any atom is 0.293 e. The standard InChI is InChI=1S/C21H28N2O2S/c1-6-10-22-19(24)18(26-20(22)25)12-15-8-9-17-16(11-15)14(3)13-21(4,5)23(17)7-2/h8-9,11-12,14H,6-7,10,13H2,1-5H3/b18-12+. The number of thioether (sulfide) groups is 1. The van der Waals surface area contributed by atoms with E-state index in [0.29, 0.717) is 17.4 Å². The van der Waals surface area contributed by atoms with Crippen LogP contribution >= 0.6 is 11.8 Å². The zero-order valence-corrected chi connectivity index (χ0v) is 17.2. The van der Waals surface area contributed by atoms with Gasteiger partial charge in [-0.25, -0.2) is 0 Å². The summed E-state index contributed by atoms with van der Waals surface area (Å²) in [6.45, 7) is 12.5. The summed E-state index contributed by atoms with van der Waals surface area (Å²) in [5.41, 5.74) is 3.75. The molecule has 1 fully saturated rings. The van der Waals surface area contributed by atoms with Crippen molar-refractivity contribution in [3.05, 3.63) is 34.2 Å². The molecule has 2 amide bonds. The first-order chi connectivity index (χ1) is 12.3. The van der Waals surface area contributed by atoms with Crippen LogP contribution in [0.2, 0.25) is 0 Å². The smallest absolute Gasteiger partial charge is 0.293 e. The van der Waals surface area contributed by atoms with Crippen molar-refractivity contribution in [2.24, 2.45) is 0 Å². The highest BCUT2D eigenvalue weighted by Crippen LogP contribution is 2.44. The van der Waals surface area contributed by atoms with Gasteiger partial charge in [-0.2, -0.15) is 0 Å². The van der Waals surface area contributed by atoms with Crippen molar-refractivity contribution in [1.82, 2.24) is 4.90 Å². The van der Waals surface area contributed by atoms with E-state index in [2.05, 4.69) is 50.8 Å². The molecule has 26 heavy (non-hydrogen) atoms. The van der Waals surface area contributed by atoms with Crippen LogP contribution in [0.25, 0.3) is 6.08 Å². The van der Waals surface area contributed by atoms with E-state index in [1.54, 1.807) is 0 Å². The Hall–Kier alpha value is -1.75. The largest absolute Gasteiger partial charge is 0.366 e. The number of amides is 2. The lowest BCUT2D eigenvalue weighted by Gasteiger charge is -2.47. The van der Waals surface area contributed by atoms with E-state index in [-0.39, 0.29) is 16.7 Å². The van der Waals surface area contributed by atoms with Crippen LogP contribution in [-0.2, 0) is 4.79 Å². The molecular weight excluding hydrogens is 344 g/mol. The minimum atomic E-state index is -0.163. The molecule has 140 valence electrons. The zero-order valence-electron chi connectivity index (χ0n) is 16.3. The molecule has 1 aromatic carbocycles. The Morgan fingerprint density at radius 1 is 1.27 bits per heavy atom. The molecule has 0 bridgehead atoms. The third-order valence-electron chi connectivity index (χ3n) is 5.34. The Labute approximate surface area is 160 Å². The molecule has 1 aromatic rings. The van der Waals surface area contributed by atoms with Gasteiger partial charge in [0.05, 0.1) is 4.91 Å². The van der Waals surface area contributed by atoms with E-state index in [1.165, 1.54) is 16.2 Å². The number of hydrogen-bond acceptors (Lipinski definition) is 4. The van der Waals surface area contributed by atoms with Crippen molar-refractivity contribution < 1.29 is 9.59 Å². The molecule has 1 saturated heterocycles. The molecule has 0 saturated carbocycles. The van der Waals surface area contributed by atoms with Crippen LogP contribution < -0.4 is 4.90 Å². The topological polar surface area (TPSA) is 40.6 Å². The fraction of sp³-hybridized carbons (Fsp3) is 0.524. The number of hydrogen-bond donors (Lipinski definition) is 0. The van der Waals surface area contributed by atoms with E-state index >= 15 is 0 Å². The Morgan fingerprint density at radius 3 is 2.65 bits per heavy atom. The summed E-state index contributed by atoms with van der Waals surface area (Å²) in [6, 6.07) is 6.41. The lowest BCUT2D eigenvalue weighted by atomic mass is 9.79. The molecule has 2 aliphatic rings. The molecule has 2 aliphatic heterocycles. The number of rotatable bonds is 4. The normalized spacial score (nSPS) is 23.7. The predicted octanol–water partition coefficient (Wildman–Crippen LogP) is 5.25. The lowest BCUT2D eigenvalue weighted by molar-refractivity contribution is -0.122. The first-order valence-electron chi connectivity index (χ1n) is 9.45. The van der Waals surface area contributed by atoms with E-state index in [9.17, 15) is 9.59 Å². The van der Waals surface area contributed by atoms with Gasteiger partial charge in [0.25, 0.3) is 11.1 Å². The molecule has 4 nitrogen and oxygen atoms in total. The van der Waals surface area contributed by atoms with Crippen LogP contribution in [0, 0.1) is 0 Å². The molecule has 1 unspecified atom stereocenters. The minimum absolute atomic E-state index is 0.144. The van der Waals surface area contributed by atoms with Gasteiger partial charge in [0, 0.05) is 24.3 Å². The first-order valence-corrected chi connectivity index (χ1v) is 10.3. The van der Waals surface area contributed by atoms with Gasteiger partial charge in [0.15, 0.2) is 0 Å². The average Bonchev–Trinajstić information content (AvgIpc) is 2.83. The molecule has 2 heterocycles. The minimum Gasteiger partial charge on any atom is -0.366 e. The second-order valence-corrected chi connectivity index (χ2v) is 8.81. The van der Waals surface area contributed by atoms with Crippen molar-refractivity contribution in [1.29, 1.82) is 0 Å². The number of imide groups is 1. The third kappa shape index (κ3) is 3.29. The average molecular weight is 373 g/mol. The third-order valence-corrected chi connectivity index (χ3v) is 6.25. The number of fused-ring (bicyclic) bond motifs is 1. The lowest BCUT2D eigenvalue weighted by Crippen LogP contribution is -2.48. The van der Waals surface area contributed by atoms with Gasteiger partial charge in [-0.3, -0.25) is 14.5 Å². The van der Waals surface area contributed by atoms with E-state index in [0.717, 1.165) is 36.7 Å². The van der Waals surface area contributed by atoms with Crippen LogP contribution in [0.3, 0.4) is 0 Å². The monoisotopic (exact) mass is 372 g/mol. The number of benzene rings is 1. The van der Waals surface area contributed by atoms with Gasteiger partial charge in [-0.05, 0) is 80.6 Å². The zero-order chi connectivity index (χ0) is 19.1. The number of carbonyl (C=O) groups excluding carboxylic acids is 2. The van der Waals surface area contributed by atoms with Crippen molar-refractivity contribution in [2.75, 3.05) is 18.0 Å². The second-order valence-electron chi connectivity index (χ2n) is 7.81. The summed E-state index contributed by atoms with van der Waals surface area (Å²) in [5, 5.41) is -0.159. The highest BCUT2D eigenvalue weighted by atomic mass is 32.2. The van der Waals surface area contributed by atoms with Crippen LogP contribution in [0.15, 0.2) is 23.1 Å². The Morgan fingerprint density at radius 2 is 2.00 bits per heavy atom. The molecule has 5 heteroatoms. The number of anilines is 1. The Balaban J connectivity index is 1.94. The maximum atomic E-state index is 12.5. The molecule has 0 spiro atoms. The van der Waals surface area contributed by atoms with Crippen molar-refractivity contribution in [2.45, 2.75) is 58.9 Å². The SMILES string of the molecule is CCCN1C(=O)S/C(=C/c2ccc3c(c2)C(C)CC(C)(C)N3CC)C1=O. The fourth-order valence-corrected chi connectivity index (χ4v) is 5.13. The van der Waals surface area contributed by atoms with Gasteiger partial charge >= 0.3 is 0 Å². The summed E-state index contributed by atoms with van der Waals surface area (Å²) in [5.74, 6) is 0.301. The van der Waals surface area contributed by atoms with E-state index in [4.69, 9.17) is 0 Å². The molecule has 0 aromatic heterocycles. The van der Waals surface area contributed by atoms with Crippen molar-refractivity contribution >= 4 is 34.7 Å². The molecule has 1 atom stereocenters. The van der Waals surface area contributed by atoms with Crippen LogP contribution in [0.1, 0.15) is 64.5 Å². The summed E-state index contributed by atoms with van der Waals surface area (Å²) in [6.07, 6.45) is 3.75. The highest BCUT2D eigenvalue weighted by Gasteiger charge is 2.36. The molecule has 0 radical (unpaired) electrons. The molecule has 0 aliphatic carbocycles. The van der Waals surface area contributed by atoms with Crippen molar-refractivity contribution in [3.8, 4) is 0 Å².